The van der Waals surface area contributed by atoms with Gasteiger partial charge in [-0.25, -0.2) is 0 Å². The van der Waals surface area contributed by atoms with Crippen molar-refractivity contribution in [2.75, 3.05) is 5.32 Å². The van der Waals surface area contributed by atoms with Gasteiger partial charge in [-0.15, -0.1) is 0 Å². The average Bonchev–Trinajstić information content (AvgIpc) is 3.01. The maximum Gasteiger partial charge on any atom is 0.416 e. The lowest BCUT2D eigenvalue weighted by molar-refractivity contribution is -0.137. The van der Waals surface area contributed by atoms with Crippen LogP contribution in [0, 0.1) is 6.92 Å². The number of aromatic nitrogens is 1. The number of alkyl halides is 3. The van der Waals surface area contributed by atoms with Crippen molar-refractivity contribution in [2.24, 2.45) is 0 Å². The molecule has 0 aliphatic heterocycles. The molecule has 0 radical (unpaired) electrons. The van der Waals surface area contributed by atoms with E-state index in [0.29, 0.717) is 17.1 Å². The van der Waals surface area contributed by atoms with Crippen LogP contribution >= 0.6 is 0 Å². The average molecular weight is 376 g/mol. The molecule has 3 aromatic rings. The Labute approximate surface area is 152 Å². The van der Waals surface area contributed by atoms with Crippen LogP contribution in [0.5, 0.6) is 5.75 Å². The Kier molecular flexibility index (Phi) is 5.16. The standard InChI is InChI=1S/C19H15F3N2O3/c1-12-16(11-26-15-8-3-2-4-9-15)17(24-27-12)18(25)23-14-7-5-6-13(10-14)19(20,21)22/h2-10H,11H2,1H3,(H,23,25). The van der Waals surface area contributed by atoms with Gasteiger partial charge in [0, 0.05) is 5.69 Å². The van der Waals surface area contributed by atoms with Gasteiger partial charge in [-0.2, -0.15) is 13.2 Å². The molecule has 140 valence electrons. The first-order valence-corrected chi connectivity index (χ1v) is 7.96. The van der Waals surface area contributed by atoms with Crippen LogP contribution in [0.15, 0.2) is 59.1 Å². The van der Waals surface area contributed by atoms with E-state index in [-0.39, 0.29) is 18.0 Å². The summed E-state index contributed by atoms with van der Waals surface area (Å²) in [4.78, 5) is 12.5. The van der Waals surface area contributed by atoms with Crippen molar-refractivity contribution in [1.29, 1.82) is 0 Å². The number of hydrogen-bond donors (Lipinski definition) is 1. The molecule has 5 nitrogen and oxygen atoms in total. The molecule has 2 aromatic carbocycles. The van der Waals surface area contributed by atoms with Gasteiger partial charge < -0.3 is 14.6 Å². The molecule has 8 heteroatoms. The topological polar surface area (TPSA) is 64.4 Å². The van der Waals surface area contributed by atoms with Gasteiger partial charge in [0.2, 0.25) is 0 Å². The highest BCUT2D eigenvalue weighted by molar-refractivity contribution is 6.03. The summed E-state index contributed by atoms with van der Waals surface area (Å²) in [5.74, 6) is 0.306. The molecule has 0 saturated carbocycles. The zero-order valence-electron chi connectivity index (χ0n) is 14.2. The van der Waals surface area contributed by atoms with Crippen molar-refractivity contribution >= 4 is 11.6 Å². The number of hydrogen-bond acceptors (Lipinski definition) is 4. The van der Waals surface area contributed by atoms with Crippen LogP contribution in [0.4, 0.5) is 18.9 Å². The molecular formula is C19H15F3N2O3. The second kappa shape index (κ2) is 7.53. The Balaban J connectivity index is 1.76. The monoisotopic (exact) mass is 376 g/mol. The molecule has 0 atom stereocenters. The fourth-order valence-corrected chi connectivity index (χ4v) is 2.38. The predicted octanol–water partition coefficient (Wildman–Crippen LogP) is 4.83. The van der Waals surface area contributed by atoms with Gasteiger partial charge in [0.15, 0.2) is 5.69 Å². The quantitative estimate of drug-likeness (QED) is 0.693. The first-order chi connectivity index (χ1) is 12.8. The van der Waals surface area contributed by atoms with Gasteiger partial charge in [-0.1, -0.05) is 29.4 Å². The van der Waals surface area contributed by atoms with Crippen molar-refractivity contribution in [3.63, 3.8) is 0 Å². The number of ether oxygens (including phenoxy) is 1. The van der Waals surface area contributed by atoms with Crippen LogP contribution in [-0.4, -0.2) is 11.1 Å². The van der Waals surface area contributed by atoms with Gasteiger partial charge in [0.05, 0.1) is 11.1 Å². The molecule has 0 saturated heterocycles. The first-order valence-electron chi connectivity index (χ1n) is 7.96. The molecule has 1 N–H and O–H groups in total. The normalized spacial score (nSPS) is 11.3. The zero-order valence-corrected chi connectivity index (χ0v) is 14.2. The summed E-state index contributed by atoms with van der Waals surface area (Å²) in [6.45, 7) is 1.66. The van der Waals surface area contributed by atoms with Crippen LogP contribution in [0.3, 0.4) is 0 Å². The number of benzene rings is 2. The van der Waals surface area contributed by atoms with Crippen molar-refractivity contribution in [3.8, 4) is 5.75 Å². The van der Waals surface area contributed by atoms with Gasteiger partial charge in [0.1, 0.15) is 18.1 Å². The first kappa shape index (κ1) is 18.5. The van der Waals surface area contributed by atoms with Gasteiger partial charge in [-0.3, -0.25) is 4.79 Å². The third-order valence-corrected chi connectivity index (χ3v) is 3.77. The molecule has 3 rings (SSSR count). The van der Waals surface area contributed by atoms with E-state index in [1.807, 2.05) is 6.07 Å². The lowest BCUT2D eigenvalue weighted by atomic mass is 10.1. The molecule has 1 amide bonds. The zero-order chi connectivity index (χ0) is 19.4. The van der Waals surface area contributed by atoms with Crippen LogP contribution in [0.25, 0.3) is 0 Å². The largest absolute Gasteiger partial charge is 0.489 e. The second-order valence-electron chi connectivity index (χ2n) is 5.70. The summed E-state index contributed by atoms with van der Waals surface area (Å²) < 4.78 is 49.1. The van der Waals surface area contributed by atoms with Crippen molar-refractivity contribution in [1.82, 2.24) is 5.16 Å². The molecule has 0 aliphatic rings. The Morgan fingerprint density at radius 2 is 1.89 bits per heavy atom. The van der Waals surface area contributed by atoms with E-state index in [1.165, 1.54) is 12.1 Å². The molecule has 1 heterocycles. The summed E-state index contributed by atoms with van der Waals surface area (Å²) in [5, 5.41) is 6.11. The Hall–Kier alpha value is -3.29. The molecule has 1 aromatic heterocycles. The van der Waals surface area contributed by atoms with E-state index in [2.05, 4.69) is 10.5 Å². The van der Waals surface area contributed by atoms with E-state index in [0.717, 1.165) is 12.1 Å². The minimum atomic E-state index is -4.50. The highest BCUT2D eigenvalue weighted by atomic mass is 19.4. The number of nitrogens with zero attached hydrogens (tertiary/aromatic N) is 1. The maximum atomic E-state index is 12.8. The minimum Gasteiger partial charge on any atom is -0.489 e. The Morgan fingerprint density at radius 1 is 1.15 bits per heavy atom. The lowest BCUT2D eigenvalue weighted by Gasteiger charge is -2.10. The minimum absolute atomic E-state index is 0.00501. The number of anilines is 1. The van der Waals surface area contributed by atoms with Crippen LogP contribution in [-0.2, 0) is 12.8 Å². The molecule has 0 aliphatic carbocycles. The molecule has 0 spiro atoms. The van der Waals surface area contributed by atoms with E-state index in [9.17, 15) is 18.0 Å². The SMILES string of the molecule is Cc1onc(C(=O)Nc2cccc(C(F)(F)F)c2)c1COc1ccccc1. The van der Waals surface area contributed by atoms with E-state index >= 15 is 0 Å². The molecule has 27 heavy (non-hydrogen) atoms. The van der Waals surface area contributed by atoms with Crippen molar-refractivity contribution in [3.05, 3.63) is 77.2 Å². The molecule has 0 unspecified atom stereocenters. The third kappa shape index (κ3) is 4.46. The molecule has 0 bridgehead atoms. The Morgan fingerprint density at radius 3 is 2.59 bits per heavy atom. The smallest absolute Gasteiger partial charge is 0.416 e. The van der Waals surface area contributed by atoms with Crippen LogP contribution < -0.4 is 10.1 Å². The van der Waals surface area contributed by atoms with Gasteiger partial charge in [-0.05, 0) is 37.3 Å². The second-order valence-corrected chi connectivity index (χ2v) is 5.70. The Bertz CT molecular complexity index is 937. The maximum absolute atomic E-state index is 12.8. The number of carbonyl (C=O) groups excluding carboxylic acids is 1. The van der Waals surface area contributed by atoms with E-state index < -0.39 is 17.6 Å². The third-order valence-electron chi connectivity index (χ3n) is 3.77. The van der Waals surface area contributed by atoms with Gasteiger partial charge >= 0.3 is 6.18 Å². The van der Waals surface area contributed by atoms with Crippen molar-refractivity contribution in [2.45, 2.75) is 19.7 Å². The predicted molar refractivity (Wildman–Crippen MR) is 91.4 cm³/mol. The van der Waals surface area contributed by atoms with E-state index in [1.54, 1.807) is 31.2 Å². The summed E-state index contributed by atoms with van der Waals surface area (Å²) in [6.07, 6.45) is -4.50. The summed E-state index contributed by atoms with van der Waals surface area (Å²) >= 11 is 0. The van der Waals surface area contributed by atoms with Gasteiger partial charge in [0.25, 0.3) is 5.91 Å². The van der Waals surface area contributed by atoms with Crippen molar-refractivity contribution < 1.29 is 27.2 Å². The number of halogens is 3. The summed E-state index contributed by atoms with van der Waals surface area (Å²) in [6, 6.07) is 13.3. The van der Waals surface area contributed by atoms with E-state index in [4.69, 9.17) is 9.26 Å². The summed E-state index contributed by atoms with van der Waals surface area (Å²) in [5.41, 5.74) is -0.473. The summed E-state index contributed by atoms with van der Waals surface area (Å²) in [7, 11) is 0. The number of carbonyl (C=O) groups is 1. The number of amides is 1. The number of nitrogens with one attached hydrogen (secondary N) is 1. The molecule has 0 fully saturated rings. The van der Waals surface area contributed by atoms with Crippen LogP contribution in [0.1, 0.15) is 27.4 Å². The highest BCUT2D eigenvalue weighted by Gasteiger charge is 2.30. The number of rotatable bonds is 5. The highest BCUT2D eigenvalue weighted by Crippen LogP contribution is 2.30. The fraction of sp³-hybridized carbons (Fsp3) is 0.158. The lowest BCUT2D eigenvalue weighted by Crippen LogP contribution is -2.16. The number of para-hydroxylation sites is 1. The number of aryl methyl sites for hydroxylation is 1. The molecular weight excluding hydrogens is 361 g/mol. The fourth-order valence-electron chi connectivity index (χ4n) is 2.38. The van der Waals surface area contributed by atoms with Crippen LogP contribution in [0.2, 0.25) is 0 Å².